The largest absolute Gasteiger partial charge is 0.329 e. The summed E-state index contributed by atoms with van der Waals surface area (Å²) in [7, 11) is 6.35. The SMILES string of the molecule is CN(C)CCN(C)C(CN)c1ccc(C(C)(C)C)cc1. The third-order valence-electron chi connectivity index (χ3n) is 3.82. The van der Waals surface area contributed by atoms with Gasteiger partial charge in [0.1, 0.15) is 0 Å². The van der Waals surface area contributed by atoms with Gasteiger partial charge >= 0.3 is 0 Å². The molecule has 1 unspecified atom stereocenters. The first-order valence-electron chi connectivity index (χ1n) is 7.41. The minimum Gasteiger partial charge on any atom is -0.329 e. The smallest absolute Gasteiger partial charge is 0.0467 e. The number of benzene rings is 1. The third kappa shape index (κ3) is 4.89. The molecule has 0 fully saturated rings. The quantitative estimate of drug-likeness (QED) is 0.867. The van der Waals surface area contributed by atoms with E-state index < -0.39 is 0 Å². The molecule has 0 heterocycles. The second-order valence-corrected chi connectivity index (χ2v) is 6.91. The molecule has 0 saturated heterocycles. The molecule has 114 valence electrons. The van der Waals surface area contributed by atoms with E-state index in [1.165, 1.54) is 11.1 Å². The minimum atomic E-state index is 0.202. The molecule has 0 bridgehead atoms. The normalized spacial score (nSPS) is 14.1. The first kappa shape index (κ1) is 17.2. The van der Waals surface area contributed by atoms with Crippen LogP contribution in [0.15, 0.2) is 24.3 Å². The maximum absolute atomic E-state index is 5.98. The molecule has 0 aliphatic carbocycles. The minimum absolute atomic E-state index is 0.202. The van der Waals surface area contributed by atoms with Crippen molar-refractivity contribution in [2.24, 2.45) is 5.73 Å². The van der Waals surface area contributed by atoms with E-state index in [-0.39, 0.29) is 5.41 Å². The zero-order valence-corrected chi connectivity index (χ0v) is 14.0. The lowest BCUT2D eigenvalue weighted by atomic mass is 9.86. The fourth-order valence-electron chi connectivity index (χ4n) is 2.29. The molecule has 0 amide bonds. The average Bonchev–Trinajstić information content (AvgIpc) is 2.37. The fourth-order valence-corrected chi connectivity index (χ4v) is 2.29. The fraction of sp³-hybridized carbons (Fsp3) is 0.647. The Hall–Kier alpha value is -0.900. The van der Waals surface area contributed by atoms with Crippen molar-refractivity contribution in [3.8, 4) is 0 Å². The number of rotatable bonds is 6. The van der Waals surface area contributed by atoms with Crippen LogP contribution in [0.4, 0.5) is 0 Å². The second-order valence-electron chi connectivity index (χ2n) is 6.91. The maximum Gasteiger partial charge on any atom is 0.0467 e. The van der Waals surface area contributed by atoms with Crippen molar-refractivity contribution >= 4 is 0 Å². The third-order valence-corrected chi connectivity index (χ3v) is 3.82. The van der Waals surface area contributed by atoms with E-state index in [1.54, 1.807) is 0 Å². The summed E-state index contributed by atoms with van der Waals surface area (Å²) >= 11 is 0. The maximum atomic E-state index is 5.98. The lowest BCUT2D eigenvalue weighted by Crippen LogP contribution is -2.35. The molecule has 2 N–H and O–H groups in total. The Labute approximate surface area is 124 Å². The average molecular weight is 277 g/mol. The van der Waals surface area contributed by atoms with Gasteiger partial charge in [-0.2, -0.15) is 0 Å². The summed E-state index contributed by atoms with van der Waals surface area (Å²) in [5.74, 6) is 0. The van der Waals surface area contributed by atoms with Crippen LogP contribution in [-0.2, 0) is 5.41 Å². The van der Waals surface area contributed by atoms with Gasteiger partial charge < -0.3 is 10.6 Å². The molecule has 0 spiro atoms. The van der Waals surface area contributed by atoms with Crippen LogP contribution in [0.1, 0.15) is 37.9 Å². The molecule has 1 aromatic rings. The molecule has 0 aliphatic heterocycles. The van der Waals surface area contributed by atoms with E-state index in [1.807, 2.05) is 0 Å². The predicted octanol–water partition coefficient (Wildman–Crippen LogP) is 2.48. The summed E-state index contributed by atoms with van der Waals surface area (Å²) in [5, 5.41) is 0. The Morgan fingerprint density at radius 1 is 1.00 bits per heavy atom. The van der Waals surface area contributed by atoms with E-state index >= 15 is 0 Å². The zero-order chi connectivity index (χ0) is 15.3. The molecule has 0 aliphatic rings. The zero-order valence-electron chi connectivity index (χ0n) is 14.0. The lowest BCUT2D eigenvalue weighted by molar-refractivity contribution is 0.223. The van der Waals surface area contributed by atoms with Crippen LogP contribution < -0.4 is 5.73 Å². The topological polar surface area (TPSA) is 32.5 Å². The number of likely N-dealkylation sites (N-methyl/N-ethyl adjacent to an activating group) is 2. The highest BCUT2D eigenvalue weighted by molar-refractivity contribution is 5.29. The summed E-state index contributed by atoms with van der Waals surface area (Å²) < 4.78 is 0. The number of nitrogens with zero attached hydrogens (tertiary/aromatic N) is 2. The van der Waals surface area contributed by atoms with Crippen LogP contribution in [0, 0.1) is 0 Å². The van der Waals surface area contributed by atoms with Gasteiger partial charge in [0.05, 0.1) is 0 Å². The number of hydrogen-bond donors (Lipinski definition) is 1. The van der Waals surface area contributed by atoms with Gasteiger partial charge in [-0.1, -0.05) is 45.0 Å². The summed E-state index contributed by atoms with van der Waals surface area (Å²) in [6.07, 6.45) is 0. The Bertz CT molecular complexity index is 390. The molecule has 1 rings (SSSR count). The molecule has 20 heavy (non-hydrogen) atoms. The molecular weight excluding hydrogens is 246 g/mol. The van der Waals surface area contributed by atoms with Gasteiger partial charge in [-0.3, -0.25) is 4.90 Å². The van der Waals surface area contributed by atoms with Crippen molar-refractivity contribution in [2.75, 3.05) is 40.8 Å². The van der Waals surface area contributed by atoms with Gasteiger partial charge in [-0.15, -0.1) is 0 Å². The molecule has 0 radical (unpaired) electrons. The molecule has 0 saturated carbocycles. The summed E-state index contributed by atoms with van der Waals surface area (Å²) in [6, 6.07) is 9.22. The first-order chi connectivity index (χ1) is 9.25. The Balaban J connectivity index is 2.79. The standard InChI is InChI=1S/C17H31N3/c1-17(2,3)15-9-7-14(8-10-15)16(13-18)20(6)12-11-19(4)5/h7-10,16H,11-13,18H2,1-6H3. The van der Waals surface area contributed by atoms with E-state index in [9.17, 15) is 0 Å². The lowest BCUT2D eigenvalue weighted by Gasteiger charge is -2.29. The summed E-state index contributed by atoms with van der Waals surface area (Å²) in [4.78, 5) is 4.54. The van der Waals surface area contributed by atoms with Gasteiger partial charge in [0.25, 0.3) is 0 Å². The molecule has 1 aromatic carbocycles. The second kappa shape index (κ2) is 7.21. The number of hydrogen-bond acceptors (Lipinski definition) is 3. The highest BCUT2D eigenvalue weighted by Gasteiger charge is 2.17. The molecular formula is C17H31N3. The predicted molar refractivity (Wildman–Crippen MR) is 88.1 cm³/mol. The van der Waals surface area contributed by atoms with Crippen LogP contribution in [-0.4, -0.2) is 50.6 Å². The monoisotopic (exact) mass is 277 g/mol. The number of nitrogens with two attached hydrogens (primary N) is 1. The van der Waals surface area contributed by atoms with Gasteiger partial charge in [0.2, 0.25) is 0 Å². The van der Waals surface area contributed by atoms with E-state index in [2.05, 4.69) is 76.0 Å². The molecule has 0 aromatic heterocycles. The highest BCUT2D eigenvalue weighted by atomic mass is 15.2. The van der Waals surface area contributed by atoms with E-state index in [0.717, 1.165) is 13.1 Å². The van der Waals surface area contributed by atoms with Crippen molar-refractivity contribution in [1.29, 1.82) is 0 Å². The van der Waals surface area contributed by atoms with E-state index in [4.69, 9.17) is 5.73 Å². The Morgan fingerprint density at radius 2 is 1.55 bits per heavy atom. The van der Waals surface area contributed by atoms with Gasteiger partial charge in [0, 0.05) is 25.7 Å². The van der Waals surface area contributed by atoms with Crippen LogP contribution in [0.25, 0.3) is 0 Å². The molecule has 3 heteroatoms. The van der Waals surface area contributed by atoms with Crippen molar-refractivity contribution in [2.45, 2.75) is 32.2 Å². The summed E-state index contributed by atoms with van der Waals surface area (Å²) in [5.41, 5.74) is 8.86. The van der Waals surface area contributed by atoms with E-state index in [0.29, 0.717) is 12.6 Å². The van der Waals surface area contributed by atoms with Crippen LogP contribution in [0.3, 0.4) is 0 Å². The molecule has 3 nitrogen and oxygen atoms in total. The highest BCUT2D eigenvalue weighted by Crippen LogP contribution is 2.25. The van der Waals surface area contributed by atoms with Crippen molar-refractivity contribution in [3.63, 3.8) is 0 Å². The summed E-state index contributed by atoms with van der Waals surface area (Å²) in [6.45, 7) is 9.45. The van der Waals surface area contributed by atoms with Crippen LogP contribution in [0.5, 0.6) is 0 Å². The van der Waals surface area contributed by atoms with Gasteiger partial charge in [-0.25, -0.2) is 0 Å². The van der Waals surface area contributed by atoms with Gasteiger partial charge in [0.15, 0.2) is 0 Å². The van der Waals surface area contributed by atoms with Crippen LogP contribution >= 0.6 is 0 Å². The Morgan fingerprint density at radius 3 is 1.95 bits per heavy atom. The Kier molecular flexibility index (Phi) is 6.18. The first-order valence-corrected chi connectivity index (χ1v) is 7.41. The van der Waals surface area contributed by atoms with Crippen LogP contribution in [0.2, 0.25) is 0 Å². The van der Waals surface area contributed by atoms with Crippen molar-refractivity contribution in [1.82, 2.24) is 9.80 Å². The van der Waals surface area contributed by atoms with Gasteiger partial charge in [-0.05, 0) is 37.7 Å². The van der Waals surface area contributed by atoms with Crippen molar-refractivity contribution in [3.05, 3.63) is 35.4 Å². The molecule has 1 atom stereocenters. The van der Waals surface area contributed by atoms with Crippen molar-refractivity contribution < 1.29 is 0 Å².